The number of anilines is 1. The van der Waals surface area contributed by atoms with Crippen LogP contribution in [0.5, 0.6) is 5.75 Å². The van der Waals surface area contributed by atoms with Crippen molar-refractivity contribution >= 4 is 23.1 Å². The molecular formula is C21H19N3O2. The van der Waals surface area contributed by atoms with Crippen molar-refractivity contribution in [3.05, 3.63) is 90.0 Å². The highest BCUT2D eigenvalue weighted by molar-refractivity contribution is 6.05. The van der Waals surface area contributed by atoms with Crippen molar-refractivity contribution in [3.63, 3.8) is 0 Å². The number of nitrogens with two attached hydrogens (primary N) is 1. The second-order valence-electron chi connectivity index (χ2n) is 5.60. The molecule has 0 aliphatic carbocycles. The number of amides is 1. The average Bonchev–Trinajstić information content (AvgIpc) is 2.69. The molecule has 3 aromatic rings. The molecule has 0 aliphatic heterocycles. The van der Waals surface area contributed by atoms with Crippen LogP contribution in [-0.2, 0) is 0 Å². The van der Waals surface area contributed by atoms with Gasteiger partial charge in [-0.2, -0.15) is 0 Å². The molecular weight excluding hydrogens is 326 g/mol. The van der Waals surface area contributed by atoms with Gasteiger partial charge in [0.1, 0.15) is 11.6 Å². The predicted molar refractivity (Wildman–Crippen MR) is 104 cm³/mol. The second-order valence-corrected chi connectivity index (χ2v) is 5.60. The molecule has 5 nitrogen and oxygen atoms in total. The van der Waals surface area contributed by atoms with E-state index in [1.165, 1.54) is 0 Å². The number of nitrogens with zero attached hydrogens (tertiary/aromatic N) is 1. The monoisotopic (exact) mass is 345 g/mol. The van der Waals surface area contributed by atoms with Gasteiger partial charge in [-0.05, 0) is 36.4 Å². The van der Waals surface area contributed by atoms with Crippen molar-refractivity contribution in [2.24, 2.45) is 10.7 Å². The molecule has 3 N–H and O–H groups in total. The van der Waals surface area contributed by atoms with Gasteiger partial charge >= 0.3 is 0 Å². The highest BCUT2D eigenvalue weighted by Crippen LogP contribution is 2.20. The molecule has 0 heterocycles. The number of carbonyl (C=O) groups is 1. The molecule has 0 spiro atoms. The molecule has 0 unspecified atom stereocenters. The predicted octanol–water partition coefficient (Wildman–Crippen LogP) is 3.98. The van der Waals surface area contributed by atoms with Gasteiger partial charge in [-0.1, -0.05) is 42.5 Å². The van der Waals surface area contributed by atoms with Crippen LogP contribution in [0.2, 0.25) is 0 Å². The molecule has 0 bridgehead atoms. The van der Waals surface area contributed by atoms with Crippen LogP contribution in [0.3, 0.4) is 0 Å². The Morgan fingerprint density at radius 2 is 1.65 bits per heavy atom. The van der Waals surface area contributed by atoms with E-state index >= 15 is 0 Å². The lowest BCUT2D eigenvalue weighted by molar-refractivity contribution is 0.102. The molecule has 130 valence electrons. The number of amidine groups is 1. The highest BCUT2D eigenvalue weighted by Gasteiger charge is 2.07. The van der Waals surface area contributed by atoms with E-state index in [-0.39, 0.29) is 5.91 Å². The van der Waals surface area contributed by atoms with Gasteiger partial charge < -0.3 is 15.8 Å². The Morgan fingerprint density at radius 1 is 0.923 bits per heavy atom. The van der Waals surface area contributed by atoms with E-state index in [0.717, 1.165) is 5.56 Å². The summed E-state index contributed by atoms with van der Waals surface area (Å²) in [5, 5.41) is 2.86. The largest absolute Gasteiger partial charge is 0.497 e. The summed E-state index contributed by atoms with van der Waals surface area (Å²) in [6.07, 6.45) is 0. The van der Waals surface area contributed by atoms with Gasteiger partial charge in [0.15, 0.2) is 0 Å². The average molecular weight is 345 g/mol. The summed E-state index contributed by atoms with van der Waals surface area (Å²) in [6.45, 7) is 0. The van der Waals surface area contributed by atoms with Crippen molar-refractivity contribution < 1.29 is 9.53 Å². The molecule has 5 heteroatoms. The van der Waals surface area contributed by atoms with Crippen LogP contribution < -0.4 is 15.8 Å². The van der Waals surface area contributed by atoms with Crippen molar-refractivity contribution in [1.82, 2.24) is 0 Å². The van der Waals surface area contributed by atoms with Crippen LogP contribution in [0.4, 0.5) is 11.4 Å². The first-order valence-corrected chi connectivity index (χ1v) is 8.11. The third-order valence-electron chi connectivity index (χ3n) is 3.76. The molecule has 26 heavy (non-hydrogen) atoms. The Balaban J connectivity index is 1.78. The number of hydrogen-bond acceptors (Lipinski definition) is 3. The number of methoxy groups -OCH3 is 1. The van der Waals surface area contributed by atoms with E-state index in [9.17, 15) is 4.79 Å². The summed E-state index contributed by atoms with van der Waals surface area (Å²) in [5.74, 6) is 0.828. The lowest BCUT2D eigenvalue weighted by Gasteiger charge is -2.08. The molecule has 0 saturated heterocycles. The van der Waals surface area contributed by atoms with Gasteiger partial charge in [0.25, 0.3) is 5.91 Å². The number of ether oxygens (including phenoxy) is 1. The number of nitrogens with one attached hydrogen (secondary N) is 1. The van der Waals surface area contributed by atoms with E-state index in [0.29, 0.717) is 28.5 Å². The lowest BCUT2D eigenvalue weighted by atomic mass is 10.2. The standard InChI is InChI=1S/C21H19N3O2/c1-26-19-12-5-9-16(13-19)21(25)24-18-11-6-10-17(14-18)23-20(22)15-7-3-2-4-8-15/h2-14H,1H3,(H2,22,23)(H,24,25). The van der Waals surface area contributed by atoms with Crippen molar-refractivity contribution in [2.45, 2.75) is 0 Å². The van der Waals surface area contributed by atoms with Gasteiger partial charge in [0.05, 0.1) is 12.8 Å². The minimum atomic E-state index is -0.221. The molecule has 0 aliphatic rings. The summed E-state index contributed by atoms with van der Waals surface area (Å²) in [6, 6.07) is 23.7. The van der Waals surface area contributed by atoms with E-state index in [1.54, 1.807) is 43.5 Å². The topological polar surface area (TPSA) is 76.7 Å². The maximum atomic E-state index is 12.4. The van der Waals surface area contributed by atoms with Gasteiger partial charge in [-0.3, -0.25) is 4.79 Å². The zero-order valence-corrected chi connectivity index (χ0v) is 14.3. The summed E-state index contributed by atoms with van der Waals surface area (Å²) in [7, 11) is 1.57. The number of benzene rings is 3. The van der Waals surface area contributed by atoms with Crippen molar-refractivity contribution in [3.8, 4) is 5.75 Å². The number of hydrogen-bond donors (Lipinski definition) is 2. The van der Waals surface area contributed by atoms with Gasteiger partial charge in [-0.15, -0.1) is 0 Å². The second kappa shape index (κ2) is 7.98. The first-order valence-electron chi connectivity index (χ1n) is 8.11. The number of aliphatic imine (C=N–C) groups is 1. The Kier molecular flexibility index (Phi) is 5.29. The van der Waals surface area contributed by atoms with Gasteiger partial charge in [0, 0.05) is 16.8 Å². The van der Waals surface area contributed by atoms with Gasteiger partial charge in [-0.25, -0.2) is 4.99 Å². The Bertz CT molecular complexity index is 937. The first kappa shape index (κ1) is 17.2. The Labute approximate surface area is 152 Å². The van der Waals surface area contributed by atoms with E-state index in [4.69, 9.17) is 10.5 Å². The molecule has 0 radical (unpaired) electrons. The van der Waals surface area contributed by atoms with E-state index < -0.39 is 0 Å². The lowest BCUT2D eigenvalue weighted by Crippen LogP contribution is -2.13. The summed E-state index contributed by atoms with van der Waals surface area (Å²) >= 11 is 0. The van der Waals surface area contributed by atoms with Crippen molar-refractivity contribution in [1.29, 1.82) is 0 Å². The number of rotatable bonds is 5. The normalized spacial score (nSPS) is 11.0. The highest BCUT2D eigenvalue weighted by atomic mass is 16.5. The van der Waals surface area contributed by atoms with Crippen LogP contribution in [0, 0.1) is 0 Å². The molecule has 3 rings (SSSR count). The molecule has 0 fully saturated rings. The fourth-order valence-corrected chi connectivity index (χ4v) is 2.43. The maximum absolute atomic E-state index is 12.4. The summed E-state index contributed by atoms with van der Waals surface area (Å²) < 4.78 is 5.15. The Hall–Kier alpha value is -3.60. The van der Waals surface area contributed by atoms with Crippen molar-refractivity contribution in [2.75, 3.05) is 12.4 Å². The van der Waals surface area contributed by atoms with Crippen LogP contribution in [0.15, 0.2) is 83.9 Å². The van der Waals surface area contributed by atoms with Crippen LogP contribution in [-0.4, -0.2) is 18.9 Å². The van der Waals surface area contributed by atoms with E-state index in [1.807, 2.05) is 42.5 Å². The van der Waals surface area contributed by atoms with Crippen LogP contribution in [0.1, 0.15) is 15.9 Å². The SMILES string of the molecule is COc1cccc(C(=O)Nc2cccc(N=C(N)c3ccccc3)c2)c1. The summed E-state index contributed by atoms with van der Waals surface area (Å²) in [4.78, 5) is 16.8. The quantitative estimate of drug-likeness (QED) is 0.542. The fraction of sp³-hybridized carbons (Fsp3) is 0.0476. The van der Waals surface area contributed by atoms with Gasteiger partial charge in [0.2, 0.25) is 0 Å². The number of carbonyl (C=O) groups excluding carboxylic acids is 1. The van der Waals surface area contributed by atoms with Crippen LogP contribution in [0.25, 0.3) is 0 Å². The first-order chi connectivity index (χ1) is 12.7. The third kappa shape index (κ3) is 4.27. The zero-order chi connectivity index (χ0) is 18.4. The third-order valence-corrected chi connectivity index (χ3v) is 3.76. The molecule has 0 aromatic heterocycles. The Morgan fingerprint density at radius 3 is 2.42 bits per heavy atom. The molecule has 0 atom stereocenters. The van der Waals surface area contributed by atoms with E-state index in [2.05, 4.69) is 10.3 Å². The summed E-state index contributed by atoms with van der Waals surface area (Å²) in [5.41, 5.74) is 8.71. The zero-order valence-electron chi connectivity index (χ0n) is 14.3. The minimum Gasteiger partial charge on any atom is -0.497 e. The molecule has 3 aromatic carbocycles. The smallest absolute Gasteiger partial charge is 0.255 e. The fourth-order valence-electron chi connectivity index (χ4n) is 2.43. The minimum absolute atomic E-state index is 0.221. The molecule has 1 amide bonds. The molecule has 0 saturated carbocycles. The van der Waals surface area contributed by atoms with Crippen LogP contribution >= 0.6 is 0 Å². The maximum Gasteiger partial charge on any atom is 0.255 e.